The summed E-state index contributed by atoms with van der Waals surface area (Å²) in [4.78, 5) is 0. The second-order valence-electron chi connectivity index (χ2n) is 3.61. The molecule has 2 rings (SSSR count). The van der Waals surface area contributed by atoms with Gasteiger partial charge in [0, 0.05) is 20.3 Å². The number of aromatic amines is 1. The molecule has 0 radical (unpaired) electrons. The Morgan fingerprint density at radius 3 is 3.00 bits per heavy atom. The maximum Gasteiger partial charge on any atom is 0.195 e. The third-order valence-electron chi connectivity index (χ3n) is 2.35. The standard InChI is InChI=1S/C10H14N4O3S/c1-15-4-3-14-9(11-12-10(14)18)8-5-7(6-16-2)17-13-8/h5H,3-4,6H2,1-2H3,(H,12,18). The van der Waals surface area contributed by atoms with E-state index in [2.05, 4.69) is 15.4 Å². The number of hydrogen-bond acceptors (Lipinski definition) is 6. The minimum Gasteiger partial charge on any atom is -0.383 e. The first kappa shape index (κ1) is 12.9. The molecule has 0 amide bonds. The van der Waals surface area contributed by atoms with Crippen molar-refractivity contribution in [1.29, 1.82) is 0 Å². The van der Waals surface area contributed by atoms with Crippen molar-refractivity contribution in [2.24, 2.45) is 0 Å². The molecule has 2 aromatic rings. The van der Waals surface area contributed by atoms with Gasteiger partial charge in [0.1, 0.15) is 6.61 Å². The van der Waals surface area contributed by atoms with Gasteiger partial charge in [0.15, 0.2) is 22.0 Å². The molecule has 8 heteroatoms. The van der Waals surface area contributed by atoms with Crippen LogP contribution in [-0.4, -0.2) is 40.7 Å². The van der Waals surface area contributed by atoms with Crippen LogP contribution in [0, 0.1) is 4.77 Å². The van der Waals surface area contributed by atoms with E-state index in [0.717, 1.165) is 0 Å². The Kier molecular flexibility index (Phi) is 4.24. The van der Waals surface area contributed by atoms with E-state index < -0.39 is 0 Å². The second kappa shape index (κ2) is 5.89. The molecule has 18 heavy (non-hydrogen) atoms. The second-order valence-corrected chi connectivity index (χ2v) is 3.99. The molecule has 0 aromatic carbocycles. The average molecular weight is 270 g/mol. The molecule has 0 bridgehead atoms. The van der Waals surface area contributed by atoms with Gasteiger partial charge in [-0.15, -0.1) is 0 Å². The molecule has 2 heterocycles. The van der Waals surface area contributed by atoms with Crippen LogP contribution in [0.4, 0.5) is 0 Å². The summed E-state index contributed by atoms with van der Waals surface area (Å²) in [5.74, 6) is 1.27. The highest BCUT2D eigenvalue weighted by molar-refractivity contribution is 7.71. The van der Waals surface area contributed by atoms with E-state index in [4.69, 9.17) is 26.2 Å². The van der Waals surface area contributed by atoms with Crippen LogP contribution in [0.3, 0.4) is 0 Å². The molecule has 0 aliphatic carbocycles. The van der Waals surface area contributed by atoms with Crippen molar-refractivity contribution in [2.45, 2.75) is 13.2 Å². The lowest BCUT2D eigenvalue weighted by Crippen LogP contribution is -2.06. The molecule has 0 atom stereocenters. The van der Waals surface area contributed by atoms with Gasteiger partial charge in [-0.1, -0.05) is 5.16 Å². The van der Waals surface area contributed by atoms with Gasteiger partial charge in [-0.25, -0.2) is 0 Å². The molecule has 98 valence electrons. The number of aromatic nitrogens is 4. The molecule has 1 N–H and O–H groups in total. The summed E-state index contributed by atoms with van der Waals surface area (Å²) in [6.45, 7) is 1.52. The smallest absolute Gasteiger partial charge is 0.195 e. The fourth-order valence-electron chi connectivity index (χ4n) is 1.53. The summed E-state index contributed by atoms with van der Waals surface area (Å²) in [7, 11) is 3.23. The Bertz CT molecular complexity index is 559. The van der Waals surface area contributed by atoms with Crippen molar-refractivity contribution < 1.29 is 14.0 Å². The Balaban J connectivity index is 2.28. The summed E-state index contributed by atoms with van der Waals surface area (Å²) in [6.07, 6.45) is 0. The quantitative estimate of drug-likeness (QED) is 0.799. The van der Waals surface area contributed by atoms with Gasteiger partial charge < -0.3 is 14.0 Å². The zero-order valence-corrected chi connectivity index (χ0v) is 11.0. The van der Waals surface area contributed by atoms with E-state index in [9.17, 15) is 0 Å². The number of rotatable bonds is 6. The van der Waals surface area contributed by atoms with Gasteiger partial charge >= 0.3 is 0 Å². The SMILES string of the molecule is COCCn1c(-c2cc(COC)on2)n[nH]c1=S. The Labute approximate surface area is 109 Å². The molecular formula is C10H14N4O3S. The predicted molar refractivity (Wildman–Crippen MR) is 65.5 cm³/mol. The highest BCUT2D eigenvalue weighted by atomic mass is 32.1. The van der Waals surface area contributed by atoms with Crippen LogP contribution in [0.1, 0.15) is 5.76 Å². The maximum absolute atomic E-state index is 5.15. The van der Waals surface area contributed by atoms with Crippen molar-refractivity contribution >= 4 is 12.2 Å². The first-order valence-electron chi connectivity index (χ1n) is 5.35. The third-order valence-corrected chi connectivity index (χ3v) is 2.66. The first-order chi connectivity index (χ1) is 8.76. The summed E-state index contributed by atoms with van der Waals surface area (Å²) >= 11 is 5.15. The lowest BCUT2D eigenvalue weighted by molar-refractivity contribution is 0.156. The fourth-order valence-corrected chi connectivity index (χ4v) is 1.76. The number of methoxy groups -OCH3 is 2. The van der Waals surface area contributed by atoms with E-state index in [1.54, 1.807) is 20.3 Å². The fraction of sp³-hybridized carbons (Fsp3) is 0.500. The Morgan fingerprint density at radius 1 is 1.44 bits per heavy atom. The van der Waals surface area contributed by atoms with E-state index in [1.165, 1.54) is 0 Å². The molecule has 0 aliphatic heterocycles. The molecule has 0 aliphatic rings. The zero-order chi connectivity index (χ0) is 13.0. The van der Waals surface area contributed by atoms with Crippen LogP contribution in [-0.2, 0) is 22.6 Å². The van der Waals surface area contributed by atoms with Crippen LogP contribution in [0.25, 0.3) is 11.5 Å². The van der Waals surface area contributed by atoms with Gasteiger partial charge in [0.25, 0.3) is 0 Å². The zero-order valence-electron chi connectivity index (χ0n) is 10.2. The van der Waals surface area contributed by atoms with E-state index in [1.807, 2.05) is 4.57 Å². The van der Waals surface area contributed by atoms with Gasteiger partial charge in [-0.05, 0) is 12.2 Å². The minimum atomic E-state index is 0.371. The minimum absolute atomic E-state index is 0.371. The highest BCUT2D eigenvalue weighted by Crippen LogP contribution is 2.17. The van der Waals surface area contributed by atoms with Gasteiger partial charge in [0.2, 0.25) is 0 Å². The van der Waals surface area contributed by atoms with Gasteiger partial charge in [-0.3, -0.25) is 9.67 Å². The molecule has 0 unspecified atom stereocenters. The molecule has 0 spiro atoms. The lowest BCUT2D eigenvalue weighted by Gasteiger charge is -2.02. The Morgan fingerprint density at radius 2 is 2.28 bits per heavy atom. The molecule has 0 fully saturated rings. The van der Waals surface area contributed by atoms with Crippen LogP contribution in [0.5, 0.6) is 0 Å². The summed E-state index contributed by atoms with van der Waals surface area (Å²) in [5.41, 5.74) is 0.616. The van der Waals surface area contributed by atoms with Crippen molar-refractivity contribution in [3.05, 3.63) is 16.6 Å². The van der Waals surface area contributed by atoms with Crippen LogP contribution < -0.4 is 0 Å². The number of ether oxygens (including phenoxy) is 2. The number of nitrogens with one attached hydrogen (secondary N) is 1. The van der Waals surface area contributed by atoms with E-state index in [-0.39, 0.29) is 0 Å². The summed E-state index contributed by atoms with van der Waals surface area (Å²) < 4.78 is 17.5. The highest BCUT2D eigenvalue weighted by Gasteiger charge is 2.13. The number of nitrogens with zero attached hydrogens (tertiary/aromatic N) is 3. The Hall–Kier alpha value is -1.51. The van der Waals surface area contributed by atoms with Crippen molar-refractivity contribution in [3.8, 4) is 11.5 Å². The van der Waals surface area contributed by atoms with E-state index >= 15 is 0 Å². The number of hydrogen-bond donors (Lipinski definition) is 1. The molecule has 0 saturated heterocycles. The third kappa shape index (κ3) is 2.66. The predicted octanol–water partition coefficient (Wildman–Crippen LogP) is 1.39. The van der Waals surface area contributed by atoms with Crippen LogP contribution in [0.2, 0.25) is 0 Å². The van der Waals surface area contributed by atoms with Gasteiger partial charge in [0.05, 0.1) is 13.2 Å². The molecule has 0 saturated carbocycles. The summed E-state index contributed by atoms with van der Waals surface area (Å²) in [6, 6.07) is 1.78. The van der Waals surface area contributed by atoms with Crippen molar-refractivity contribution in [3.63, 3.8) is 0 Å². The number of H-pyrrole nitrogens is 1. The van der Waals surface area contributed by atoms with Gasteiger partial charge in [-0.2, -0.15) is 5.10 Å². The largest absolute Gasteiger partial charge is 0.383 e. The average Bonchev–Trinajstić information content (AvgIpc) is 2.94. The topological polar surface area (TPSA) is 78.1 Å². The monoisotopic (exact) mass is 270 g/mol. The lowest BCUT2D eigenvalue weighted by atomic mass is 10.3. The molecule has 2 aromatic heterocycles. The molecule has 7 nitrogen and oxygen atoms in total. The van der Waals surface area contributed by atoms with E-state index in [0.29, 0.717) is 41.8 Å². The normalized spacial score (nSPS) is 11.0. The van der Waals surface area contributed by atoms with Crippen molar-refractivity contribution in [2.75, 3.05) is 20.8 Å². The maximum atomic E-state index is 5.15. The molecular weight excluding hydrogens is 256 g/mol. The first-order valence-corrected chi connectivity index (χ1v) is 5.76. The van der Waals surface area contributed by atoms with Crippen LogP contribution >= 0.6 is 12.2 Å². The van der Waals surface area contributed by atoms with Crippen molar-refractivity contribution in [1.82, 2.24) is 19.9 Å². The van der Waals surface area contributed by atoms with Crippen LogP contribution in [0.15, 0.2) is 10.6 Å². The summed E-state index contributed by atoms with van der Waals surface area (Å²) in [5, 5.41) is 10.8.